The summed E-state index contributed by atoms with van der Waals surface area (Å²) in [4.78, 5) is 13.9. The predicted molar refractivity (Wildman–Crippen MR) is 92.3 cm³/mol. The number of amides is 1. The van der Waals surface area contributed by atoms with Gasteiger partial charge in [0.1, 0.15) is 0 Å². The molecular weight excluding hydrogens is 383 g/mol. The fourth-order valence-corrected chi connectivity index (χ4v) is 3.19. The Morgan fingerprint density at radius 3 is 2.33 bits per heavy atom. The summed E-state index contributed by atoms with van der Waals surface area (Å²) in [7, 11) is 3.17. The number of likely N-dealkylation sites (N-methyl/N-ethyl adjacent to an activating group) is 1. The summed E-state index contributed by atoms with van der Waals surface area (Å²) in [5, 5.41) is 0. The standard InChI is InChI=1S/C15H23IN2O3/c1-5-18(6-2)8-7-10-13(16)11(15(17)19)9-12(20-3)14(10)21-4/h9H,5-8H2,1-4H3,(H2,17,19). The summed E-state index contributed by atoms with van der Waals surface area (Å²) in [6.07, 6.45) is 0.778. The third-order valence-electron chi connectivity index (χ3n) is 3.54. The van der Waals surface area contributed by atoms with Gasteiger partial charge in [-0.1, -0.05) is 13.8 Å². The molecule has 5 nitrogen and oxygen atoms in total. The SMILES string of the molecule is CCN(CC)CCc1c(I)c(C(N)=O)cc(OC)c1OC. The van der Waals surface area contributed by atoms with Gasteiger partial charge in [0.15, 0.2) is 11.5 Å². The minimum absolute atomic E-state index is 0.454. The largest absolute Gasteiger partial charge is 0.493 e. The van der Waals surface area contributed by atoms with E-state index < -0.39 is 5.91 Å². The summed E-state index contributed by atoms with van der Waals surface area (Å²) >= 11 is 2.15. The Morgan fingerprint density at radius 1 is 1.29 bits per heavy atom. The molecule has 0 spiro atoms. The first-order valence-corrected chi connectivity index (χ1v) is 8.03. The number of methoxy groups -OCH3 is 2. The van der Waals surface area contributed by atoms with Crippen LogP contribution in [-0.2, 0) is 6.42 Å². The second kappa shape index (κ2) is 8.43. The van der Waals surface area contributed by atoms with Crippen LogP contribution in [-0.4, -0.2) is 44.7 Å². The van der Waals surface area contributed by atoms with Crippen molar-refractivity contribution in [2.75, 3.05) is 33.9 Å². The number of primary amides is 1. The van der Waals surface area contributed by atoms with Gasteiger partial charge in [0.05, 0.1) is 19.8 Å². The van der Waals surface area contributed by atoms with Crippen molar-refractivity contribution in [3.63, 3.8) is 0 Å². The Bertz CT molecular complexity index is 502. The number of hydrogen-bond donors (Lipinski definition) is 1. The average Bonchev–Trinajstić information content (AvgIpc) is 2.48. The van der Waals surface area contributed by atoms with E-state index in [0.29, 0.717) is 17.1 Å². The Morgan fingerprint density at radius 2 is 1.90 bits per heavy atom. The lowest BCUT2D eigenvalue weighted by atomic mass is 10.0. The molecule has 0 aliphatic heterocycles. The van der Waals surface area contributed by atoms with Gasteiger partial charge in [-0.3, -0.25) is 4.79 Å². The first-order chi connectivity index (χ1) is 9.99. The van der Waals surface area contributed by atoms with E-state index in [2.05, 4.69) is 41.3 Å². The number of hydrogen-bond acceptors (Lipinski definition) is 4. The summed E-state index contributed by atoms with van der Waals surface area (Å²) in [5.74, 6) is 0.768. The van der Waals surface area contributed by atoms with Crippen LogP contribution in [0.25, 0.3) is 0 Å². The number of ether oxygens (including phenoxy) is 2. The van der Waals surface area contributed by atoms with Crippen LogP contribution in [0.3, 0.4) is 0 Å². The molecule has 0 aliphatic carbocycles. The summed E-state index contributed by atoms with van der Waals surface area (Å²) in [6, 6.07) is 1.64. The number of rotatable bonds is 8. The van der Waals surface area contributed by atoms with Crippen molar-refractivity contribution >= 4 is 28.5 Å². The molecule has 0 atom stereocenters. The van der Waals surface area contributed by atoms with Gasteiger partial charge in [0.25, 0.3) is 0 Å². The lowest BCUT2D eigenvalue weighted by Crippen LogP contribution is -2.26. The van der Waals surface area contributed by atoms with Crippen molar-refractivity contribution in [3.05, 3.63) is 20.8 Å². The van der Waals surface area contributed by atoms with Crippen LogP contribution >= 0.6 is 22.6 Å². The number of halogens is 1. The van der Waals surface area contributed by atoms with Crippen LogP contribution in [0.1, 0.15) is 29.8 Å². The zero-order valence-electron chi connectivity index (χ0n) is 13.0. The fourth-order valence-electron chi connectivity index (χ4n) is 2.26. The van der Waals surface area contributed by atoms with Crippen molar-refractivity contribution in [3.8, 4) is 11.5 Å². The molecule has 0 fully saturated rings. The molecule has 0 saturated heterocycles. The van der Waals surface area contributed by atoms with E-state index in [1.807, 2.05) is 0 Å². The lowest BCUT2D eigenvalue weighted by molar-refractivity contribution is 0.0999. The van der Waals surface area contributed by atoms with E-state index in [9.17, 15) is 4.79 Å². The Kier molecular flexibility index (Phi) is 7.24. The molecule has 0 unspecified atom stereocenters. The van der Waals surface area contributed by atoms with E-state index >= 15 is 0 Å². The zero-order chi connectivity index (χ0) is 16.0. The second-order valence-corrected chi connectivity index (χ2v) is 5.67. The van der Waals surface area contributed by atoms with E-state index in [1.165, 1.54) is 0 Å². The molecule has 0 saturated carbocycles. The van der Waals surface area contributed by atoms with E-state index in [-0.39, 0.29) is 0 Å². The normalized spacial score (nSPS) is 10.8. The van der Waals surface area contributed by atoms with Gasteiger partial charge < -0.3 is 20.1 Å². The molecule has 2 N–H and O–H groups in total. The van der Waals surface area contributed by atoms with Gasteiger partial charge in [-0.05, 0) is 48.2 Å². The number of carbonyl (C=O) groups excluding carboxylic acids is 1. The smallest absolute Gasteiger partial charge is 0.249 e. The highest BCUT2D eigenvalue weighted by atomic mass is 127. The van der Waals surface area contributed by atoms with Crippen LogP contribution in [0.15, 0.2) is 6.07 Å². The van der Waals surface area contributed by atoms with Crippen molar-refractivity contribution < 1.29 is 14.3 Å². The number of nitrogens with two attached hydrogens (primary N) is 1. The highest BCUT2D eigenvalue weighted by Crippen LogP contribution is 2.37. The predicted octanol–water partition coefficient (Wildman–Crippen LogP) is 2.29. The molecule has 118 valence electrons. The number of nitrogens with zero attached hydrogens (tertiary/aromatic N) is 1. The molecule has 21 heavy (non-hydrogen) atoms. The minimum atomic E-state index is -0.454. The first-order valence-electron chi connectivity index (χ1n) is 6.95. The maximum absolute atomic E-state index is 11.6. The monoisotopic (exact) mass is 406 g/mol. The summed E-state index contributed by atoms with van der Waals surface area (Å²) in [6.45, 7) is 7.13. The summed E-state index contributed by atoms with van der Waals surface area (Å²) < 4.78 is 11.7. The lowest BCUT2D eigenvalue weighted by Gasteiger charge is -2.21. The van der Waals surface area contributed by atoms with Crippen molar-refractivity contribution in [1.29, 1.82) is 0 Å². The Labute approximate surface area is 139 Å². The van der Waals surface area contributed by atoms with Crippen LogP contribution in [0.5, 0.6) is 11.5 Å². The molecule has 1 amide bonds. The summed E-state index contributed by atoms with van der Waals surface area (Å²) in [5.41, 5.74) is 6.90. The highest BCUT2D eigenvalue weighted by molar-refractivity contribution is 14.1. The maximum atomic E-state index is 11.6. The number of carbonyl (C=O) groups is 1. The van der Waals surface area contributed by atoms with Crippen molar-refractivity contribution in [2.45, 2.75) is 20.3 Å². The molecule has 0 aromatic heterocycles. The molecule has 1 aromatic carbocycles. The van der Waals surface area contributed by atoms with Crippen LogP contribution < -0.4 is 15.2 Å². The quantitative estimate of drug-likeness (QED) is 0.673. The van der Waals surface area contributed by atoms with Crippen LogP contribution in [0.2, 0.25) is 0 Å². The zero-order valence-corrected chi connectivity index (χ0v) is 15.2. The Balaban J connectivity index is 3.25. The van der Waals surface area contributed by atoms with Gasteiger partial charge in [-0.25, -0.2) is 0 Å². The Hall–Kier alpha value is -1.02. The van der Waals surface area contributed by atoms with E-state index in [4.69, 9.17) is 15.2 Å². The molecule has 1 rings (SSSR count). The third-order valence-corrected chi connectivity index (χ3v) is 4.77. The van der Waals surface area contributed by atoms with Crippen LogP contribution in [0.4, 0.5) is 0 Å². The van der Waals surface area contributed by atoms with Crippen LogP contribution in [0, 0.1) is 3.57 Å². The molecule has 1 aromatic rings. The van der Waals surface area contributed by atoms with Crippen molar-refractivity contribution in [2.24, 2.45) is 5.73 Å². The molecule has 0 heterocycles. The maximum Gasteiger partial charge on any atom is 0.249 e. The van der Waals surface area contributed by atoms with Gasteiger partial charge in [-0.2, -0.15) is 0 Å². The molecule has 6 heteroatoms. The average molecular weight is 406 g/mol. The first kappa shape index (κ1) is 18.0. The molecular formula is C15H23IN2O3. The fraction of sp³-hybridized carbons (Fsp3) is 0.533. The minimum Gasteiger partial charge on any atom is -0.493 e. The van der Waals surface area contributed by atoms with Gasteiger partial charge in [0.2, 0.25) is 5.91 Å². The topological polar surface area (TPSA) is 64.8 Å². The molecule has 0 aliphatic rings. The van der Waals surface area contributed by atoms with Gasteiger partial charge >= 0.3 is 0 Å². The number of benzene rings is 1. The van der Waals surface area contributed by atoms with Gasteiger partial charge in [-0.15, -0.1) is 0 Å². The molecule has 0 radical (unpaired) electrons. The molecule has 0 bridgehead atoms. The van der Waals surface area contributed by atoms with Crippen molar-refractivity contribution in [1.82, 2.24) is 4.90 Å². The van der Waals surface area contributed by atoms with Gasteiger partial charge in [0, 0.05) is 15.7 Å². The third kappa shape index (κ3) is 4.23. The second-order valence-electron chi connectivity index (χ2n) is 4.59. The van der Waals surface area contributed by atoms with E-state index in [0.717, 1.165) is 35.2 Å². The highest BCUT2D eigenvalue weighted by Gasteiger charge is 2.20. The van der Waals surface area contributed by atoms with E-state index in [1.54, 1.807) is 20.3 Å².